The van der Waals surface area contributed by atoms with Crippen LogP contribution in [0.4, 0.5) is 4.79 Å². The van der Waals surface area contributed by atoms with Crippen molar-refractivity contribution in [2.24, 2.45) is 0 Å². The van der Waals surface area contributed by atoms with Gasteiger partial charge in [-0.3, -0.25) is 4.79 Å². The largest absolute Gasteiger partial charge is 0.481 e. The fourth-order valence-electron chi connectivity index (χ4n) is 2.14. The number of carboxylic acids is 1. The average Bonchev–Trinajstić information content (AvgIpc) is 2.25. The molecule has 0 spiro atoms. The van der Waals surface area contributed by atoms with Crippen LogP contribution < -0.4 is 0 Å². The standard InChI is InChI=1S/C12H22N2O4S/c1-12(2,18)8-13(3)11(17)14-4-5-19-7-9(14)6-10(15)16/h9,18H,4-8H2,1-3H3,(H,15,16). The molecule has 0 radical (unpaired) electrons. The number of rotatable bonds is 4. The van der Waals surface area contributed by atoms with Gasteiger partial charge in [-0.05, 0) is 13.8 Å². The minimum absolute atomic E-state index is 0.0326. The number of thioether (sulfide) groups is 1. The highest BCUT2D eigenvalue weighted by atomic mass is 32.2. The summed E-state index contributed by atoms with van der Waals surface area (Å²) in [5, 5.41) is 18.6. The van der Waals surface area contributed by atoms with Crippen LogP contribution in [0.5, 0.6) is 0 Å². The molecule has 19 heavy (non-hydrogen) atoms. The van der Waals surface area contributed by atoms with Crippen molar-refractivity contribution < 1.29 is 19.8 Å². The van der Waals surface area contributed by atoms with Gasteiger partial charge in [0.1, 0.15) is 0 Å². The van der Waals surface area contributed by atoms with E-state index in [9.17, 15) is 14.7 Å². The van der Waals surface area contributed by atoms with Crippen molar-refractivity contribution >= 4 is 23.8 Å². The van der Waals surface area contributed by atoms with Gasteiger partial charge in [-0.15, -0.1) is 0 Å². The van der Waals surface area contributed by atoms with Crippen molar-refractivity contribution in [2.75, 3.05) is 31.6 Å². The molecule has 110 valence electrons. The molecule has 1 unspecified atom stereocenters. The summed E-state index contributed by atoms with van der Waals surface area (Å²) in [6.45, 7) is 4.04. The molecule has 0 saturated carbocycles. The monoisotopic (exact) mass is 290 g/mol. The van der Waals surface area contributed by atoms with Crippen LogP contribution in [0, 0.1) is 0 Å². The molecule has 7 heteroatoms. The molecule has 1 atom stereocenters. The van der Waals surface area contributed by atoms with Gasteiger partial charge in [0.15, 0.2) is 0 Å². The second-order valence-electron chi connectivity index (χ2n) is 5.47. The van der Waals surface area contributed by atoms with Gasteiger partial charge in [0.25, 0.3) is 0 Å². The topological polar surface area (TPSA) is 81.1 Å². The lowest BCUT2D eigenvalue weighted by Crippen LogP contribution is -2.53. The zero-order valence-electron chi connectivity index (χ0n) is 11.6. The molecule has 0 aromatic carbocycles. The van der Waals surface area contributed by atoms with Crippen molar-refractivity contribution in [3.8, 4) is 0 Å². The van der Waals surface area contributed by atoms with Crippen molar-refractivity contribution in [3.05, 3.63) is 0 Å². The normalized spacial score (nSPS) is 20.2. The van der Waals surface area contributed by atoms with Gasteiger partial charge in [-0.1, -0.05) is 0 Å². The van der Waals surface area contributed by atoms with E-state index in [1.165, 1.54) is 4.90 Å². The van der Waals surface area contributed by atoms with E-state index in [1.54, 1.807) is 37.6 Å². The molecule has 0 bridgehead atoms. The fourth-order valence-corrected chi connectivity index (χ4v) is 3.21. The Labute approximate surface area is 117 Å². The Morgan fingerprint density at radius 3 is 2.63 bits per heavy atom. The van der Waals surface area contributed by atoms with Crippen molar-refractivity contribution in [2.45, 2.75) is 31.9 Å². The lowest BCUT2D eigenvalue weighted by molar-refractivity contribution is -0.138. The summed E-state index contributed by atoms with van der Waals surface area (Å²) in [5.74, 6) is 0.572. The Kier molecular flexibility index (Phi) is 5.49. The van der Waals surface area contributed by atoms with Gasteiger partial charge in [-0.25, -0.2) is 4.79 Å². The molecular weight excluding hydrogens is 268 g/mol. The number of aliphatic hydroxyl groups is 1. The van der Waals surface area contributed by atoms with E-state index in [4.69, 9.17) is 5.11 Å². The number of carbonyl (C=O) groups is 2. The Morgan fingerprint density at radius 1 is 1.47 bits per heavy atom. The molecular formula is C12H22N2O4S. The zero-order chi connectivity index (χ0) is 14.6. The zero-order valence-corrected chi connectivity index (χ0v) is 12.4. The van der Waals surface area contributed by atoms with Crippen LogP contribution >= 0.6 is 11.8 Å². The summed E-state index contributed by atoms with van der Waals surface area (Å²) >= 11 is 1.67. The van der Waals surface area contributed by atoms with Crippen LogP contribution in [-0.4, -0.2) is 75.3 Å². The predicted molar refractivity (Wildman–Crippen MR) is 74.4 cm³/mol. The first-order chi connectivity index (χ1) is 8.70. The molecule has 0 aromatic heterocycles. The van der Waals surface area contributed by atoms with E-state index in [2.05, 4.69) is 0 Å². The number of urea groups is 1. The van der Waals surface area contributed by atoms with Crippen molar-refractivity contribution in [3.63, 3.8) is 0 Å². The molecule has 1 aliphatic rings. The number of amides is 2. The molecule has 1 heterocycles. The van der Waals surface area contributed by atoms with Gasteiger partial charge in [0, 0.05) is 25.1 Å². The Bertz CT molecular complexity index is 343. The summed E-state index contributed by atoms with van der Waals surface area (Å²) in [6.07, 6.45) is -0.0326. The van der Waals surface area contributed by atoms with Crippen LogP contribution in [0.25, 0.3) is 0 Å². The second-order valence-corrected chi connectivity index (χ2v) is 6.62. The van der Waals surface area contributed by atoms with Crippen LogP contribution in [0.1, 0.15) is 20.3 Å². The highest BCUT2D eigenvalue weighted by molar-refractivity contribution is 7.99. The number of hydrogen-bond donors (Lipinski definition) is 2. The number of aliphatic carboxylic acids is 1. The van der Waals surface area contributed by atoms with E-state index in [1.807, 2.05) is 0 Å². The smallest absolute Gasteiger partial charge is 0.320 e. The number of hydrogen-bond acceptors (Lipinski definition) is 4. The van der Waals surface area contributed by atoms with E-state index in [-0.39, 0.29) is 25.0 Å². The molecule has 1 saturated heterocycles. The van der Waals surface area contributed by atoms with Crippen LogP contribution in [0.15, 0.2) is 0 Å². The quantitative estimate of drug-likeness (QED) is 0.796. The molecule has 2 N–H and O–H groups in total. The lowest BCUT2D eigenvalue weighted by Gasteiger charge is -2.38. The summed E-state index contributed by atoms with van der Waals surface area (Å²) in [7, 11) is 1.62. The van der Waals surface area contributed by atoms with Crippen LogP contribution in [-0.2, 0) is 4.79 Å². The molecule has 2 amide bonds. The number of nitrogens with zero attached hydrogens (tertiary/aromatic N) is 2. The van der Waals surface area contributed by atoms with Crippen molar-refractivity contribution in [1.82, 2.24) is 9.80 Å². The Balaban J connectivity index is 2.68. The number of carbonyl (C=O) groups excluding carboxylic acids is 1. The predicted octanol–water partition coefficient (Wildman–Crippen LogP) is 0.701. The van der Waals surface area contributed by atoms with Crippen LogP contribution in [0.2, 0.25) is 0 Å². The molecule has 1 aliphatic heterocycles. The number of carboxylic acid groups (broad SMARTS) is 1. The lowest BCUT2D eigenvalue weighted by atomic mass is 10.1. The van der Waals surface area contributed by atoms with Crippen LogP contribution in [0.3, 0.4) is 0 Å². The molecule has 1 fully saturated rings. The average molecular weight is 290 g/mol. The SMILES string of the molecule is CN(CC(C)(C)O)C(=O)N1CCSCC1CC(=O)O. The maximum Gasteiger partial charge on any atom is 0.320 e. The first-order valence-corrected chi connectivity index (χ1v) is 7.40. The first-order valence-electron chi connectivity index (χ1n) is 6.24. The molecule has 0 aromatic rings. The highest BCUT2D eigenvalue weighted by Gasteiger charge is 2.31. The molecule has 1 rings (SSSR count). The van der Waals surface area contributed by atoms with Gasteiger partial charge in [0.05, 0.1) is 24.6 Å². The van der Waals surface area contributed by atoms with E-state index < -0.39 is 11.6 Å². The summed E-state index contributed by atoms with van der Waals surface area (Å²) in [4.78, 5) is 26.2. The Hall–Kier alpha value is -0.950. The minimum atomic E-state index is -0.961. The van der Waals surface area contributed by atoms with E-state index in [0.29, 0.717) is 12.3 Å². The third kappa shape index (κ3) is 5.28. The van der Waals surface area contributed by atoms with Gasteiger partial charge < -0.3 is 20.0 Å². The summed E-state index contributed by atoms with van der Waals surface area (Å²) < 4.78 is 0. The minimum Gasteiger partial charge on any atom is -0.481 e. The molecule has 6 nitrogen and oxygen atoms in total. The van der Waals surface area contributed by atoms with E-state index >= 15 is 0 Å². The van der Waals surface area contributed by atoms with Gasteiger partial charge >= 0.3 is 12.0 Å². The maximum atomic E-state index is 12.3. The van der Waals surface area contributed by atoms with Gasteiger partial charge in [-0.2, -0.15) is 11.8 Å². The first kappa shape index (κ1) is 16.1. The highest BCUT2D eigenvalue weighted by Crippen LogP contribution is 2.20. The second kappa shape index (κ2) is 6.47. The fraction of sp³-hybridized carbons (Fsp3) is 0.833. The Morgan fingerprint density at radius 2 is 2.11 bits per heavy atom. The third-order valence-corrected chi connectivity index (χ3v) is 3.93. The van der Waals surface area contributed by atoms with E-state index in [0.717, 1.165) is 5.75 Å². The summed E-state index contributed by atoms with van der Waals surface area (Å²) in [6, 6.07) is -0.485. The third-order valence-electron chi connectivity index (χ3n) is 2.83. The van der Waals surface area contributed by atoms with Crippen molar-refractivity contribution in [1.29, 1.82) is 0 Å². The van der Waals surface area contributed by atoms with Gasteiger partial charge in [0.2, 0.25) is 0 Å². The maximum absolute atomic E-state index is 12.3. The number of likely N-dealkylation sites (N-methyl/N-ethyl adjacent to an activating group) is 1. The summed E-state index contributed by atoms with van der Waals surface area (Å²) in [5.41, 5.74) is -0.961. The molecule has 0 aliphatic carbocycles.